The average Bonchev–Trinajstić information content (AvgIpc) is 2.82. The number of aliphatic carboxylic acids is 1. The minimum Gasteiger partial charge on any atom is -0.481 e. The number of carboxylic acids is 1. The first-order chi connectivity index (χ1) is 17.0. The first-order valence-electron chi connectivity index (χ1n) is 13.7. The van der Waals surface area contributed by atoms with E-state index in [4.69, 9.17) is 15.3 Å². The van der Waals surface area contributed by atoms with Gasteiger partial charge in [-0.05, 0) is 66.8 Å². The number of nitrogens with two attached hydrogens (primary N) is 1. The number of hydrogen-bond donors (Lipinski definition) is 3. The summed E-state index contributed by atoms with van der Waals surface area (Å²) < 4.78 is 0. The third-order valence-electron chi connectivity index (χ3n) is 9.32. The molecule has 202 valence electrons. The zero-order chi connectivity index (χ0) is 26.9. The minimum atomic E-state index is -0.833. The SMILES string of the molecule is CC(=O)O.CC1C(=O)CCC2(C)CCCCC12.CC1c2ncncc2CC2(C)CCCCC12.N=CN. The second-order valence-corrected chi connectivity index (χ2v) is 11.9. The Bertz CT molecular complexity index is 887. The third kappa shape index (κ3) is 7.36. The van der Waals surface area contributed by atoms with Crippen molar-refractivity contribution < 1.29 is 14.7 Å². The van der Waals surface area contributed by atoms with E-state index in [1.165, 1.54) is 69.0 Å². The summed E-state index contributed by atoms with van der Waals surface area (Å²) in [6, 6.07) is 0. The smallest absolute Gasteiger partial charge is 0.300 e. The molecule has 4 aliphatic carbocycles. The van der Waals surface area contributed by atoms with Crippen LogP contribution in [0, 0.1) is 34.0 Å². The van der Waals surface area contributed by atoms with Gasteiger partial charge in [-0.1, -0.05) is 53.4 Å². The Labute approximate surface area is 217 Å². The lowest BCUT2D eigenvalue weighted by molar-refractivity contribution is -0.134. The fourth-order valence-corrected chi connectivity index (χ4v) is 7.49. The number of carbonyl (C=O) groups excluding carboxylic acids is 1. The van der Waals surface area contributed by atoms with Crippen molar-refractivity contribution in [1.29, 1.82) is 5.41 Å². The standard InChI is InChI=1S/C14H20N2.C12H20O.C2H4O2.CH4N2/c1-10-12-5-3-4-6-14(12,2)7-11-8-15-9-16-13(10)11;1-9-10-5-3-4-7-12(10,2)8-6-11(9)13;1-2(3)4;2-1-3/h8-10,12H,3-7H2,1-2H3;9-10H,3-8H2,1-2H3;1H3,(H,3,4);1H,(H3,2,3). The summed E-state index contributed by atoms with van der Waals surface area (Å²) in [5, 5.41) is 13.3. The number of hydrogen-bond acceptors (Lipinski definition) is 5. The molecule has 5 rings (SSSR count). The molecule has 0 saturated heterocycles. The highest BCUT2D eigenvalue weighted by Crippen LogP contribution is 2.53. The second-order valence-electron chi connectivity index (χ2n) is 11.9. The number of rotatable bonds is 0. The van der Waals surface area contributed by atoms with E-state index >= 15 is 0 Å². The maximum Gasteiger partial charge on any atom is 0.300 e. The summed E-state index contributed by atoms with van der Waals surface area (Å²) in [5.41, 5.74) is 8.12. The number of ketones is 1. The Morgan fingerprint density at radius 1 is 1.06 bits per heavy atom. The van der Waals surface area contributed by atoms with Crippen molar-refractivity contribution in [3.8, 4) is 0 Å². The van der Waals surface area contributed by atoms with Gasteiger partial charge in [0.2, 0.25) is 0 Å². The van der Waals surface area contributed by atoms with Crippen LogP contribution >= 0.6 is 0 Å². The maximum atomic E-state index is 11.6. The largest absolute Gasteiger partial charge is 0.481 e. The number of aromatic nitrogens is 2. The van der Waals surface area contributed by atoms with E-state index in [0.29, 0.717) is 34.4 Å². The molecule has 6 atom stereocenters. The highest BCUT2D eigenvalue weighted by Gasteiger charge is 2.45. The Balaban J connectivity index is 0.000000205. The molecule has 0 radical (unpaired) electrons. The van der Waals surface area contributed by atoms with Gasteiger partial charge in [0.1, 0.15) is 12.1 Å². The minimum absolute atomic E-state index is 0.346. The summed E-state index contributed by atoms with van der Waals surface area (Å²) in [4.78, 5) is 29.3. The zero-order valence-electron chi connectivity index (χ0n) is 23.1. The van der Waals surface area contributed by atoms with E-state index in [1.807, 2.05) is 6.20 Å². The Hall–Kier alpha value is -2.31. The molecule has 1 heterocycles. The quantitative estimate of drug-likeness (QED) is 0.289. The molecule has 7 nitrogen and oxygen atoms in total. The number of nitrogens with one attached hydrogen (secondary N) is 1. The predicted octanol–water partition coefficient (Wildman–Crippen LogP) is 6.16. The summed E-state index contributed by atoms with van der Waals surface area (Å²) in [5.74, 6) is 2.19. The summed E-state index contributed by atoms with van der Waals surface area (Å²) >= 11 is 0. The van der Waals surface area contributed by atoms with Crippen molar-refractivity contribution in [2.24, 2.45) is 34.3 Å². The van der Waals surface area contributed by atoms with Crippen LogP contribution < -0.4 is 5.73 Å². The summed E-state index contributed by atoms with van der Waals surface area (Å²) in [7, 11) is 0. The topological polar surface area (TPSA) is 130 Å². The Kier molecular flexibility index (Phi) is 11.0. The Morgan fingerprint density at radius 3 is 2.17 bits per heavy atom. The van der Waals surface area contributed by atoms with E-state index < -0.39 is 5.97 Å². The summed E-state index contributed by atoms with van der Waals surface area (Å²) in [6.45, 7) is 10.5. The Morgan fingerprint density at radius 2 is 1.58 bits per heavy atom. The second kappa shape index (κ2) is 13.3. The van der Waals surface area contributed by atoms with Crippen LogP contribution in [0.1, 0.15) is 116 Å². The van der Waals surface area contributed by atoms with Crippen LogP contribution in [0.5, 0.6) is 0 Å². The van der Waals surface area contributed by atoms with E-state index in [1.54, 1.807) is 6.33 Å². The molecule has 0 amide bonds. The van der Waals surface area contributed by atoms with Gasteiger partial charge < -0.3 is 10.8 Å². The monoisotopic (exact) mass is 500 g/mol. The van der Waals surface area contributed by atoms with Gasteiger partial charge in [-0.2, -0.15) is 0 Å². The lowest BCUT2D eigenvalue weighted by Crippen LogP contribution is -2.42. The van der Waals surface area contributed by atoms with Gasteiger partial charge in [0.15, 0.2) is 0 Å². The maximum absolute atomic E-state index is 11.6. The van der Waals surface area contributed by atoms with E-state index in [2.05, 4.69) is 43.4 Å². The van der Waals surface area contributed by atoms with Gasteiger partial charge >= 0.3 is 0 Å². The van der Waals surface area contributed by atoms with Crippen LogP contribution in [0.4, 0.5) is 0 Å². The third-order valence-corrected chi connectivity index (χ3v) is 9.32. The molecule has 3 saturated carbocycles. The molecule has 3 fully saturated rings. The van der Waals surface area contributed by atoms with Gasteiger partial charge in [-0.25, -0.2) is 9.97 Å². The van der Waals surface area contributed by atoms with Crippen molar-refractivity contribution in [3.63, 3.8) is 0 Å². The van der Waals surface area contributed by atoms with Gasteiger partial charge in [0, 0.05) is 31.4 Å². The predicted molar refractivity (Wildman–Crippen MR) is 144 cm³/mol. The molecule has 4 aliphatic rings. The van der Waals surface area contributed by atoms with Crippen LogP contribution in [-0.2, 0) is 16.0 Å². The molecule has 7 heteroatoms. The lowest BCUT2D eigenvalue weighted by atomic mass is 9.57. The van der Waals surface area contributed by atoms with Crippen molar-refractivity contribution in [3.05, 3.63) is 23.8 Å². The summed E-state index contributed by atoms with van der Waals surface area (Å²) in [6.07, 6.45) is 18.7. The molecule has 0 bridgehead atoms. The molecule has 0 spiro atoms. The number of Topliss-reactive ketones (excluding diaryl/α,β-unsaturated/α-hetero) is 1. The highest BCUT2D eigenvalue weighted by atomic mass is 16.4. The molecular weight excluding hydrogens is 452 g/mol. The van der Waals surface area contributed by atoms with Crippen molar-refractivity contribution >= 4 is 18.1 Å². The molecular formula is C29H48N4O3. The van der Waals surface area contributed by atoms with Crippen LogP contribution in [0.2, 0.25) is 0 Å². The molecule has 0 aromatic carbocycles. The van der Waals surface area contributed by atoms with E-state index in [0.717, 1.165) is 32.0 Å². The number of carbonyl (C=O) groups is 2. The molecule has 1 aromatic heterocycles. The molecule has 4 N–H and O–H groups in total. The highest BCUT2D eigenvalue weighted by molar-refractivity contribution is 5.82. The molecule has 0 aliphatic heterocycles. The van der Waals surface area contributed by atoms with E-state index in [9.17, 15) is 4.79 Å². The van der Waals surface area contributed by atoms with Crippen molar-refractivity contribution in [2.45, 2.75) is 111 Å². The number of carboxylic acid groups (broad SMARTS) is 1. The van der Waals surface area contributed by atoms with Gasteiger partial charge in [-0.3, -0.25) is 15.0 Å². The van der Waals surface area contributed by atoms with Crippen LogP contribution in [0.15, 0.2) is 12.5 Å². The van der Waals surface area contributed by atoms with E-state index in [-0.39, 0.29) is 0 Å². The van der Waals surface area contributed by atoms with Gasteiger partial charge in [0.25, 0.3) is 5.97 Å². The first-order valence-corrected chi connectivity index (χ1v) is 13.7. The van der Waals surface area contributed by atoms with Crippen molar-refractivity contribution in [2.75, 3.05) is 0 Å². The number of nitrogens with zero attached hydrogens (tertiary/aromatic N) is 2. The number of fused-ring (bicyclic) bond motifs is 3. The molecule has 1 aromatic rings. The van der Waals surface area contributed by atoms with Gasteiger partial charge in [0.05, 0.1) is 12.0 Å². The molecule has 6 unspecified atom stereocenters. The van der Waals surface area contributed by atoms with Crippen molar-refractivity contribution in [1.82, 2.24) is 9.97 Å². The first kappa shape index (κ1) is 29.9. The lowest BCUT2D eigenvalue weighted by Gasteiger charge is -2.48. The van der Waals surface area contributed by atoms with Gasteiger partial charge in [-0.15, -0.1) is 0 Å². The normalized spacial score (nSPS) is 34.3. The van der Waals surface area contributed by atoms with Crippen LogP contribution in [-0.4, -0.2) is 33.2 Å². The fourth-order valence-electron chi connectivity index (χ4n) is 7.49. The van der Waals surface area contributed by atoms with Crippen LogP contribution in [0.25, 0.3) is 0 Å². The van der Waals surface area contributed by atoms with Crippen LogP contribution in [0.3, 0.4) is 0 Å². The average molecular weight is 501 g/mol. The molecule has 36 heavy (non-hydrogen) atoms. The fraction of sp³-hybridized carbons (Fsp3) is 0.759. The zero-order valence-corrected chi connectivity index (χ0v) is 23.1.